The van der Waals surface area contributed by atoms with Crippen LogP contribution < -0.4 is 10.2 Å². The Labute approximate surface area is 107 Å². The number of hydrogen-bond donors (Lipinski definition) is 1. The summed E-state index contributed by atoms with van der Waals surface area (Å²) in [6.45, 7) is 1.26. The van der Waals surface area contributed by atoms with Crippen molar-refractivity contribution in [1.29, 1.82) is 0 Å². The van der Waals surface area contributed by atoms with Crippen LogP contribution in [0.15, 0.2) is 18.3 Å². The summed E-state index contributed by atoms with van der Waals surface area (Å²) in [5, 5.41) is 2.86. The minimum absolute atomic E-state index is 0.0510. The van der Waals surface area contributed by atoms with Crippen molar-refractivity contribution >= 4 is 11.7 Å². The molecule has 2 aliphatic heterocycles. The zero-order valence-electron chi connectivity index (χ0n) is 9.94. The largest absolute Gasteiger partial charge is 0.417 e. The zero-order chi connectivity index (χ0) is 13.6. The van der Waals surface area contributed by atoms with Gasteiger partial charge in [-0.25, -0.2) is 4.98 Å². The van der Waals surface area contributed by atoms with Crippen molar-refractivity contribution in [3.05, 3.63) is 23.9 Å². The lowest BCUT2D eigenvalue weighted by atomic mass is 10.1. The monoisotopic (exact) mass is 271 g/mol. The normalized spacial score (nSPS) is 26.5. The average molecular weight is 271 g/mol. The van der Waals surface area contributed by atoms with Crippen molar-refractivity contribution in [2.45, 2.75) is 18.6 Å². The number of carbonyl (C=O) groups excluding carboxylic acids is 1. The van der Waals surface area contributed by atoms with Crippen molar-refractivity contribution in [3.63, 3.8) is 0 Å². The van der Waals surface area contributed by atoms with Gasteiger partial charge in [-0.1, -0.05) is 0 Å². The highest BCUT2D eigenvalue weighted by atomic mass is 19.4. The molecular formula is C12H12F3N3O. The first kappa shape index (κ1) is 12.3. The first-order valence-corrected chi connectivity index (χ1v) is 6.01. The maximum atomic E-state index is 12.4. The smallest absolute Gasteiger partial charge is 0.354 e. The number of nitrogens with zero attached hydrogens (tertiary/aromatic N) is 2. The fraction of sp³-hybridized carbons (Fsp3) is 0.500. The fourth-order valence-electron chi connectivity index (χ4n) is 2.67. The lowest BCUT2D eigenvalue weighted by molar-refractivity contribution is -0.137. The maximum Gasteiger partial charge on any atom is 0.417 e. The summed E-state index contributed by atoms with van der Waals surface area (Å²) in [5.41, 5.74) is -0.746. The highest BCUT2D eigenvalue weighted by Gasteiger charge is 2.40. The van der Waals surface area contributed by atoms with Crippen LogP contribution >= 0.6 is 0 Å². The van der Waals surface area contributed by atoms with Crippen molar-refractivity contribution in [2.24, 2.45) is 5.92 Å². The van der Waals surface area contributed by atoms with Crippen LogP contribution in [0.25, 0.3) is 0 Å². The second-order valence-electron chi connectivity index (χ2n) is 4.95. The summed E-state index contributed by atoms with van der Waals surface area (Å²) >= 11 is 0. The van der Waals surface area contributed by atoms with Gasteiger partial charge in [0.05, 0.1) is 11.6 Å². The predicted molar refractivity (Wildman–Crippen MR) is 61.5 cm³/mol. The topological polar surface area (TPSA) is 45.2 Å². The first-order valence-electron chi connectivity index (χ1n) is 6.01. The van der Waals surface area contributed by atoms with E-state index in [0.29, 0.717) is 25.3 Å². The van der Waals surface area contributed by atoms with Crippen LogP contribution in [0.5, 0.6) is 0 Å². The second-order valence-corrected chi connectivity index (χ2v) is 4.95. The number of fused-ring (bicyclic) bond motifs is 1. The van der Waals surface area contributed by atoms with Gasteiger partial charge in [0.1, 0.15) is 5.82 Å². The van der Waals surface area contributed by atoms with E-state index in [0.717, 1.165) is 12.3 Å². The molecule has 2 aliphatic rings. The predicted octanol–water partition coefficient (Wildman–Crippen LogP) is 1.43. The number of aromatic nitrogens is 1. The van der Waals surface area contributed by atoms with Gasteiger partial charge in [0.2, 0.25) is 5.91 Å². The molecule has 0 bridgehead atoms. The minimum Gasteiger partial charge on any atom is -0.354 e. The van der Waals surface area contributed by atoms with Crippen LogP contribution in [-0.4, -0.2) is 30.0 Å². The summed E-state index contributed by atoms with van der Waals surface area (Å²) in [6.07, 6.45) is -3.02. The van der Waals surface area contributed by atoms with Crippen LogP contribution in [0.4, 0.5) is 19.0 Å². The Morgan fingerprint density at radius 1 is 1.32 bits per heavy atom. The molecule has 1 aromatic rings. The van der Waals surface area contributed by atoms with Crippen LogP contribution in [-0.2, 0) is 11.0 Å². The van der Waals surface area contributed by atoms with Crippen molar-refractivity contribution in [2.75, 3.05) is 18.0 Å². The van der Waals surface area contributed by atoms with E-state index in [-0.39, 0.29) is 17.9 Å². The molecule has 1 aromatic heterocycles. The van der Waals surface area contributed by atoms with E-state index >= 15 is 0 Å². The summed E-state index contributed by atoms with van der Waals surface area (Å²) in [4.78, 5) is 17.0. The SMILES string of the molecule is O=C1C[C@H]2CN(c3ccc(C(F)(F)F)cn3)C[C@H]2N1. The van der Waals surface area contributed by atoms with Gasteiger partial charge in [0, 0.05) is 31.6 Å². The molecule has 2 atom stereocenters. The van der Waals surface area contributed by atoms with Gasteiger partial charge in [-0.15, -0.1) is 0 Å². The Balaban J connectivity index is 1.73. The second kappa shape index (κ2) is 4.11. The highest BCUT2D eigenvalue weighted by Crippen LogP contribution is 2.31. The number of nitrogens with one attached hydrogen (secondary N) is 1. The molecule has 0 aromatic carbocycles. The Morgan fingerprint density at radius 3 is 2.68 bits per heavy atom. The number of halogens is 3. The lowest BCUT2D eigenvalue weighted by Gasteiger charge is -2.18. The van der Waals surface area contributed by atoms with Gasteiger partial charge in [-0.05, 0) is 12.1 Å². The molecule has 7 heteroatoms. The van der Waals surface area contributed by atoms with Crippen LogP contribution in [0.3, 0.4) is 0 Å². The molecule has 0 aliphatic carbocycles. The van der Waals surface area contributed by atoms with Gasteiger partial charge < -0.3 is 10.2 Å². The quantitative estimate of drug-likeness (QED) is 0.840. The molecule has 0 radical (unpaired) electrons. The molecule has 102 valence electrons. The number of alkyl halides is 3. The molecule has 2 fully saturated rings. The molecule has 3 heterocycles. The molecule has 0 saturated carbocycles. The average Bonchev–Trinajstić information content (AvgIpc) is 2.85. The molecule has 1 N–H and O–H groups in total. The Morgan fingerprint density at radius 2 is 2.11 bits per heavy atom. The van der Waals surface area contributed by atoms with E-state index in [1.807, 2.05) is 4.90 Å². The third kappa shape index (κ3) is 2.24. The van der Waals surface area contributed by atoms with Gasteiger partial charge >= 0.3 is 6.18 Å². The van der Waals surface area contributed by atoms with Gasteiger partial charge in [0.25, 0.3) is 0 Å². The summed E-state index contributed by atoms with van der Waals surface area (Å²) in [7, 11) is 0. The highest BCUT2D eigenvalue weighted by molar-refractivity contribution is 5.79. The summed E-state index contributed by atoms with van der Waals surface area (Å²) < 4.78 is 37.3. The van der Waals surface area contributed by atoms with E-state index in [1.165, 1.54) is 6.07 Å². The third-order valence-electron chi connectivity index (χ3n) is 3.63. The van der Waals surface area contributed by atoms with Crippen LogP contribution in [0.1, 0.15) is 12.0 Å². The number of rotatable bonds is 1. The number of hydrogen-bond acceptors (Lipinski definition) is 3. The molecule has 1 amide bonds. The number of pyridine rings is 1. The summed E-state index contributed by atoms with van der Waals surface area (Å²) in [5.74, 6) is 0.809. The number of amides is 1. The third-order valence-corrected chi connectivity index (χ3v) is 3.63. The van der Waals surface area contributed by atoms with Gasteiger partial charge in [-0.2, -0.15) is 13.2 Å². The van der Waals surface area contributed by atoms with E-state index in [2.05, 4.69) is 10.3 Å². The minimum atomic E-state index is -4.36. The Kier molecular flexibility index (Phi) is 2.65. The van der Waals surface area contributed by atoms with Crippen molar-refractivity contribution in [1.82, 2.24) is 10.3 Å². The van der Waals surface area contributed by atoms with Gasteiger partial charge in [-0.3, -0.25) is 4.79 Å². The molecule has 2 saturated heterocycles. The van der Waals surface area contributed by atoms with Crippen molar-refractivity contribution in [3.8, 4) is 0 Å². The molecule has 3 rings (SSSR count). The standard InChI is InChI=1S/C12H12F3N3O/c13-12(14,15)8-1-2-10(16-4-8)18-5-7-3-11(19)17-9(7)6-18/h1-2,4,7,9H,3,5-6H2,(H,17,19)/t7-,9+/m0/s1. The van der Waals surface area contributed by atoms with Crippen LogP contribution in [0, 0.1) is 5.92 Å². The van der Waals surface area contributed by atoms with E-state index in [1.54, 1.807) is 0 Å². The zero-order valence-corrected chi connectivity index (χ0v) is 9.94. The first-order chi connectivity index (χ1) is 8.93. The van der Waals surface area contributed by atoms with E-state index in [9.17, 15) is 18.0 Å². The molecular weight excluding hydrogens is 259 g/mol. The molecule has 0 spiro atoms. The van der Waals surface area contributed by atoms with E-state index < -0.39 is 11.7 Å². The Bertz CT molecular complexity index is 484. The molecule has 19 heavy (non-hydrogen) atoms. The summed E-state index contributed by atoms with van der Waals surface area (Å²) in [6, 6.07) is 2.51. The lowest BCUT2D eigenvalue weighted by Crippen LogP contribution is -2.32. The number of carbonyl (C=O) groups is 1. The number of anilines is 1. The Hall–Kier alpha value is -1.79. The van der Waals surface area contributed by atoms with Gasteiger partial charge in [0.15, 0.2) is 0 Å². The van der Waals surface area contributed by atoms with E-state index in [4.69, 9.17) is 0 Å². The molecule has 0 unspecified atom stereocenters. The molecule has 4 nitrogen and oxygen atoms in total. The van der Waals surface area contributed by atoms with Crippen molar-refractivity contribution < 1.29 is 18.0 Å². The maximum absolute atomic E-state index is 12.4. The fourth-order valence-corrected chi connectivity index (χ4v) is 2.67. The van der Waals surface area contributed by atoms with Crippen LogP contribution in [0.2, 0.25) is 0 Å².